The second-order valence-electron chi connectivity index (χ2n) is 4.80. The fraction of sp³-hybridized carbons (Fsp3) is 0.235. The van der Waals surface area contributed by atoms with Crippen LogP contribution in [0.25, 0.3) is 0 Å². The molecule has 0 bridgehead atoms. The normalized spacial score (nSPS) is 11.7. The van der Waals surface area contributed by atoms with Crippen molar-refractivity contribution in [2.45, 2.75) is 19.6 Å². The first-order chi connectivity index (χ1) is 10.1. The molecule has 0 aliphatic carbocycles. The molecule has 0 aromatic heterocycles. The van der Waals surface area contributed by atoms with Crippen LogP contribution in [0, 0.1) is 11.3 Å². The molecule has 108 valence electrons. The van der Waals surface area contributed by atoms with E-state index in [0.717, 1.165) is 11.1 Å². The summed E-state index contributed by atoms with van der Waals surface area (Å²) in [5.41, 5.74) is 2.68. The van der Waals surface area contributed by atoms with Crippen molar-refractivity contribution in [2.24, 2.45) is 0 Å². The zero-order chi connectivity index (χ0) is 15.2. The Hall–Kier alpha value is -2.02. The van der Waals surface area contributed by atoms with Gasteiger partial charge in [-0.25, -0.2) is 0 Å². The molecular formula is C17H17ClN2O. The molecule has 4 heteroatoms. The first-order valence-electron chi connectivity index (χ1n) is 6.72. The SMILES string of the molecule is CNC(C)c1ccc(OCc2cccc(C#N)c2)c(Cl)c1. The van der Waals surface area contributed by atoms with Crippen molar-refractivity contribution in [1.29, 1.82) is 5.26 Å². The molecule has 0 aliphatic heterocycles. The van der Waals surface area contributed by atoms with Crippen LogP contribution in [0.2, 0.25) is 5.02 Å². The summed E-state index contributed by atoms with van der Waals surface area (Å²) in [6, 6.07) is 15.5. The minimum atomic E-state index is 0.240. The number of hydrogen-bond donors (Lipinski definition) is 1. The van der Waals surface area contributed by atoms with Crippen LogP contribution in [0.4, 0.5) is 0 Å². The Bertz CT molecular complexity index is 664. The van der Waals surface area contributed by atoms with Crippen molar-refractivity contribution in [3.8, 4) is 11.8 Å². The van der Waals surface area contributed by atoms with Gasteiger partial charge in [0.1, 0.15) is 12.4 Å². The predicted octanol–water partition coefficient (Wildman–Crippen LogP) is 4.07. The van der Waals surface area contributed by atoms with Crippen molar-refractivity contribution in [1.82, 2.24) is 5.32 Å². The van der Waals surface area contributed by atoms with Crippen LogP contribution < -0.4 is 10.1 Å². The highest BCUT2D eigenvalue weighted by atomic mass is 35.5. The number of rotatable bonds is 5. The van der Waals surface area contributed by atoms with Crippen molar-refractivity contribution in [3.05, 3.63) is 64.2 Å². The Kier molecular flexibility index (Phi) is 5.21. The molecule has 0 spiro atoms. The van der Waals surface area contributed by atoms with Crippen LogP contribution in [0.5, 0.6) is 5.75 Å². The Labute approximate surface area is 130 Å². The fourth-order valence-corrected chi connectivity index (χ4v) is 2.21. The third kappa shape index (κ3) is 3.98. The van der Waals surface area contributed by atoms with E-state index in [4.69, 9.17) is 21.6 Å². The zero-order valence-electron chi connectivity index (χ0n) is 12.1. The van der Waals surface area contributed by atoms with E-state index in [1.165, 1.54) is 0 Å². The average Bonchev–Trinajstić information content (AvgIpc) is 2.53. The highest BCUT2D eigenvalue weighted by molar-refractivity contribution is 6.32. The van der Waals surface area contributed by atoms with Crippen LogP contribution >= 0.6 is 11.6 Å². The molecule has 0 saturated heterocycles. The van der Waals surface area contributed by atoms with E-state index >= 15 is 0 Å². The molecular weight excluding hydrogens is 284 g/mol. The lowest BCUT2D eigenvalue weighted by Gasteiger charge is -2.13. The molecule has 2 rings (SSSR count). The summed E-state index contributed by atoms with van der Waals surface area (Å²) in [4.78, 5) is 0. The molecule has 3 nitrogen and oxygen atoms in total. The molecule has 1 atom stereocenters. The lowest BCUT2D eigenvalue weighted by atomic mass is 10.1. The van der Waals surface area contributed by atoms with E-state index in [1.54, 1.807) is 6.07 Å². The van der Waals surface area contributed by atoms with Gasteiger partial charge in [0.15, 0.2) is 0 Å². The first-order valence-corrected chi connectivity index (χ1v) is 7.10. The number of nitriles is 1. The minimum Gasteiger partial charge on any atom is -0.487 e. The second-order valence-corrected chi connectivity index (χ2v) is 5.21. The average molecular weight is 301 g/mol. The Balaban J connectivity index is 2.08. The Morgan fingerprint density at radius 2 is 2.10 bits per heavy atom. The summed E-state index contributed by atoms with van der Waals surface area (Å²) in [6.07, 6.45) is 0. The molecule has 0 heterocycles. The zero-order valence-corrected chi connectivity index (χ0v) is 12.8. The maximum Gasteiger partial charge on any atom is 0.138 e. The third-order valence-electron chi connectivity index (χ3n) is 3.34. The number of benzene rings is 2. The summed E-state index contributed by atoms with van der Waals surface area (Å²) in [7, 11) is 1.91. The fourth-order valence-electron chi connectivity index (χ4n) is 1.96. The maximum absolute atomic E-state index is 8.88. The molecule has 0 fully saturated rings. The van der Waals surface area contributed by atoms with Gasteiger partial charge in [-0.1, -0.05) is 29.8 Å². The standard InChI is InChI=1S/C17H17ClN2O/c1-12(20-2)15-6-7-17(16(18)9-15)21-11-14-5-3-4-13(8-14)10-19/h3-9,12,20H,11H2,1-2H3. The maximum atomic E-state index is 8.88. The summed E-state index contributed by atoms with van der Waals surface area (Å²) in [5.74, 6) is 0.645. The number of nitrogens with one attached hydrogen (secondary N) is 1. The van der Waals surface area contributed by atoms with E-state index in [0.29, 0.717) is 22.9 Å². The van der Waals surface area contributed by atoms with Crippen LogP contribution in [-0.2, 0) is 6.61 Å². The van der Waals surface area contributed by atoms with E-state index in [9.17, 15) is 0 Å². The van der Waals surface area contributed by atoms with Crippen molar-refractivity contribution >= 4 is 11.6 Å². The van der Waals surface area contributed by atoms with E-state index < -0.39 is 0 Å². The van der Waals surface area contributed by atoms with Gasteiger partial charge >= 0.3 is 0 Å². The molecule has 2 aromatic carbocycles. The largest absolute Gasteiger partial charge is 0.487 e. The molecule has 0 amide bonds. The quantitative estimate of drug-likeness (QED) is 0.905. The highest BCUT2D eigenvalue weighted by Crippen LogP contribution is 2.28. The number of ether oxygens (including phenoxy) is 1. The van der Waals surface area contributed by atoms with Gasteiger partial charge < -0.3 is 10.1 Å². The van der Waals surface area contributed by atoms with Gasteiger partial charge in [-0.3, -0.25) is 0 Å². The van der Waals surface area contributed by atoms with Gasteiger partial charge in [-0.05, 0) is 49.4 Å². The monoisotopic (exact) mass is 300 g/mol. The van der Waals surface area contributed by atoms with E-state index in [2.05, 4.69) is 18.3 Å². The molecule has 0 saturated carbocycles. The Morgan fingerprint density at radius 3 is 2.76 bits per heavy atom. The van der Waals surface area contributed by atoms with Gasteiger partial charge in [0.25, 0.3) is 0 Å². The number of hydrogen-bond acceptors (Lipinski definition) is 3. The topological polar surface area (TPSA) is 45.0 Å². The van der Waals surface area contributed by atoms with E-state index in [1.807, 2.05) is 43.4 Å². The van der Waals surface area contributed by atoms with E-state index in [-0.39, 0.29) is 6.04 Å². The van der Waals surface area contributed by atoms with Gasteiger partial charge in [-0.2, -0.15) is 5.26 Å². The minimum absolute atomic E-state index is 0.240. The second kappa shape index (κ2) is 7.12. The third-order valence-corrected chi connectivity index (χ3v) is 3.63. The smallest absolute Gasteiger partial charge is 0.138 e. The van der Waals surface area contributed by atoms with Crippen molar-refractivity contribution < 1.29 is 4.74 Å². The molecule has 21 heavy (non-hydrogen) atoms. The lowest BCUT2D eigenvalue weighted by molar-refractivity contribution is 0.306. The van der Waals surface area contributed by atoms with Crippen molar-refractivity contribution in [3.63, 3.8) is 0 Å². The van der Waals surface area contributed by atoms with Gasteiger partial charge in [0, 0.05) is 6.04 Å². The summed E-state index contributed by atoms with van der Waals surface area (Å²) in [6.45, 7) is 2.45. The number of halogens is 1. The summed E-state index contributed by atoms with van der Waals surface area (Å²) < 4.78 is 5.73. The van der Waals surface area contributed by atoms with Gasteiger partial charge in [-0.15, -0.1) is 0 Å². The Morgan fingerprint density at radius 1 is 1.29 bits per heavy atom. The van der Waals surface area contributed by atoms with Crippen LogP contribution in [0.3, 0.4) is 0 Å². The molecule has 1 unspecified atom stereocenters. The molecule has 2 aromatic rings. The van der Waals surface area contributed by atoms with Gasteiger partial charge in [0.2, 0.25) is 0 Å². The summed E-state index contributed by atoms with van der Waals surface area (Å²) >= 11 is 6.25. The predicted molar refractivity (Wildman–Crippen MR) is 84.4 cm³/mol. The first kappa shape index (κ1) is 15.4. The molecule has 0 aliphatic rings. The highest BCUT2D eigenvalue weighted by Gasteiger charge is 2.07. The molecule has 1 N–H and O–H groups in total. The molecule has 0 radical (unpaired) electrons. The summed E-state index contributed by atoms with van der Waals surface area (Å²) in [5, 5.41) is 12.6. The van der Waals surface area contributed by atoms with Gasteiger partial charge in [0.05, 0.1) is 16.7 Å². The van der Waals surface area contributed by atoms with Crippen LogP contribution in [0.1, 0.15) is 29.7 Å². The lowest BCUT2D eigenvalue weighted by Crippen LogP contribution is -2.12. The van der Waals surface area contributed by atoms with Crippen LogP contribution in [0.15, 0.2) is 42.5 Å². The number of nitrogens with zero attached hydrogens (tertiary/aromatic N) is 1. The van der Waals surface area contributed by atoms with Crippen LogP contribution in [-0.4, -0.2) is 7.05 Å². The van der Waals surface area contributed by atoms with Crippen molar-refractivity contribution in [2.75, 3.05) is 7.05 Å².